The van der Waals surface area contributed by atoms with Crippen molar-refractivity contribution in [3.8, 4) is 0 Å². The molecule has 0 aromatic heterocycles. The third-order valence-electron chi connectivity index (χ3n) is 3.22. The number of hydrogen-bond donors (Lipinski definition) is 0. The molecule has 0 amide bonds. The Bertz CT molecular complexity index is 169. The highest BCUT2D eigenvalue weighted by molar-refractivity contribution is 4.85. The van der Waals surface area contributed by atoms with Crippen molar-refractivity contribution in [3.05, 3.63) is 12.7 Å². The normalized spacial score (nSPS) is 22.6. The Hall–Kier alpha value is -0.340. The summed E-state index contributed by atoms with van der Waals surface area (Å²) in [5.41, 5.74) is 0. The van der Waals surface area contributed by atoms with E-state index >= 15 is 0 Å². The highest BCUT2D eigenvalue weighted by Crippen LogP contribution is 2.14. The minimum Gasteiger partial charge on any atom is -0.304 e. The van der Waals surface area contributed by atoms with Crippen LogP contribution in [0, 0.1) is 11.8 Å². The van der Waals surface area contributed by atoms with Crippen LogP contribution < -0.4 is 0 Å². The predicted molar refractivity (Wildman–Crippen MR) is 62.5 cm³/mol. The third kappa shape index (κ3) is 3.43. The summed E-state index contributed by atoms with van der Waals surface area (Å²) < 4.78 is 0. The van der Waals surface area contributed by atoms with Crippen LogP contribution in [0.5, 0.6) is 0 Å². The number of hydrogen-bond acceptors (Lipinski definition) is 2. The van der Waals surface area contributed by atoms with E-state index in [9.17, 15) is 0 Å². The summed E-state index contributed by atoms with van der Waals surface area (Å²) in [6.45, 7) is 14.5. The van der Waals surface area contributed by atoms with Gasteiger partial charge in [-0.15, -0.1) is 6.58 Å². The average molecular weight is 196 g/mol. The lowest BCUT2D eigenvalue weighted by atomic mass is 9.95. The molecule has 0 aromatic carbocycles. The quantitative estimate of drug-likeness (QED) is 0.631. The van der Waals surface area contributed by atoms with Crippen LogP contribution in [0.3, 0.4) is 0 Å². The first kappa shape index (κ1) is 11.7. The molecule has 1 heterocycles. The molecule has 1 atom stereocenters. The molecule has 2 heteroatoms. The first-order valence-electron chi connectivity index (χ1n) is 5.67. The van der Waals surface area contributed by atoms with Gasteiger partial charge >= 0.3 is 0 Å². The summed E-state index contributed by atoms with van der Waals surface area (Å²) in [5, 5.41) is 0. The second kappa shape index (κ2) is 5.52. The molecule has 1 rings (SSSR count). The van der Waals surface area contributed by atoms with Crippen molar-refractivity contribution in [2.45, 2.75) is 13.8 Å². The molecule has 1 saturated heterocycles. The molecule has 0 spiro atoms. The second-order valence-corrected chi connectivity index (χ2v) is 4.75. The van der Waals surface area contributed by atoms with Crippen molar-refractivity contribution in [1.82, 2.24) is 9.80 Å². The zero-order chi connectivity index (χ0) is 10.6. The summed E-state index contributed by atoms with van der Waals surface area (Å²) in [4.78, 5) is 4.96. The minimum absolute atomic E-state index is 0.651. The van der Waals surface area contributed by atoms with Crippen molar-refractivity contribution in [2.75, 3.05) is 39.8 Å². The van der Waals surface area contributed by atoms with Crippen LogP contribution >= 0.6 is 0 Å². The monoisotopic (exact) mass is 196 g/mol. The van der Waals surface area contributed by atoms with Crippen LogP contribution in [0.15, 0.2) is 12.7 Å². The van der Waals surface area contributed by atoms with Gasteiger partial charge in [-0.2, -0.15) is 0 Å². The van der Waals surface area contributed by atoms with E-state index in [4.69, 9.17) is 0 Å². The topological polar surface area (TPSA) is 6.48 Å². The molecular formula is C12H24N2. The standard InChI is InChI=1S/C12H24N2/c1-5-12(11(2)3)10-14-8-6-13(4)7-9-14/h5,11-12H,1,6-10H2,2-4H3. The Morgan fingerprint density at radius 1 is 1.21 bits per heavy atom. The van der Waals surface area contributed by atoms with Gasteiger partial charge in [0.2, 0.25) is 0 Å². The summed E-state index contributed by atoms with van der Waals surface area (Å²) in [5.74, 6) is 1.37. The lowest BCUT2D eigenvalue weighted by molar-refractivity contribution is 0.135. The van der Waals surface area contributed by atoms with Crippen LogP contribution in [0.2, 0.25) is 0 Å². The van der Waals surface area contributed by atoms with Gasteiger partial charge in [0.1, 0.15) is 0 Å². The molecular weight excluding hydrogens is 172 g/mol. The fourth-order valence-corrected chi connectivity index (χ4v) is 1.89. The molecule has 1 aliphatic heterocycles. The van der Waals surface area contributed by atoms with Crippen LogP contribution in [-0.4, -0.2) is 49.6 Å². The molecule has 0 N–H and O–H groups in total. The largest absolute Gasteiger partial charge is 0.304 e. The van der Waals surface area contributed by atoms with Crippen molar-refractivity contribution in [2.24, 2.45) is 11.8 Å². The molecule has 0 aromatic rings. The Labute approximate surface area is 88.6 Å². The van der Waals surface area contributed by atoms with E-state index in [1.807, 2.05) is 0 Å². The summed E-state index contributed by atoms with van der Waals surface area (Å²) in [6, 6.07) is 0. The lowest BCUT2D eigenvalue weighted by Gasteiger charge is -2.34. The molecule has 0 aliphatic carbocycles. The van der Waals surface area contributed by atoms with Gasteiger partial charge < -0.3 is 9.80 Å². The maximum absolute atomic E-state index is 3.93. The second-order valence-electron chi connectivity index (χ2n) is 4.75. The molecule has 14 heavy (non-hydrogen) atoms. The number of likely N-dealkylation sites (N-methyl/N-ethyl adjacent to an activating group) is 1. The molecule has 0 radical (unpaired) electrons. The third-order valence-corrected chi connectivity index (χ3v) is 3.22. The zero-order valence-corrected chi connectivity index (χ0v) is 9.87. The van der Waals surface area contributed by atoms with Gasteiger partial charge in [-0.3, -0.25) is 0 Å². The van der Waals surface area contributed by atoms with E-state index in [1.165, 1.54) is 32.7 Å². The van der Waals surface area contributed by atoms with E-state index in [0.717, 1.165) is 0 Å². The van der Waals surface area contributed by atoms with Crippen molar-refractivity contribution in [3.63, 3.8) is 0 Å². The van der Waals surface area contributed by atoms with Gasteiger partial charge in [-0.25, -0.2) is 0 Å². The van der Waals surface area contributed by atoms with Gasteiger partial charge in [0.15, 0.2) is 0 Å². The first-order valence-corrected chi connectivity index (χ1v) is 5.67. The fourth-order valence-electron chi connectivity index (χ4n) is 1.89. The van der Waals surface area contributed by atoms with Gasteiger partial charge in [0, 0.05) is 32.7 Å². The van der Waals surface area contributed by atoms with E-state index in [0.29, 0.717) is 11.8 Å². The zero-order valence-electron chi connectivity index (χ0n) is 9.87. The van der Waals surface area contributed by atoms with Gasteiger partial charge in [-0.1, -0.05) is 19.9 Å². The van der Waals surface area contributed by atoms with E-state index in [-0.39, 0.29) is 0 Å². The number of nitrogens with zero attached hydrogens (tertiary/aromatic N) is 2. The fraction of sp³-hybridized carbons (Fsp3) is 0.833. The maximum atomic E-state index is 3.93. The lowest BCUT2D eigenvalue weighted by Crippen LogP contribution is -2.46. The Kier molecular flexibility index (Phi) is 4.63. The Morgan fingerprint density at radius 3 is 2.21 bits per heavy atom. The molecule has 1 unspecified atom stereocenters. The van der Waals surface area contributed by atoms with Gasteiger partial charge in [0.05, 0.1) is 0 Å². The van der Waals surface area contributed by atoms with Gasteiger partial charge in [0.25, 0.3) is 0 Å². The van der Waals surface area contributed by atoms with E-state index < -0.39 is 0 Å². The predicted octanol–water partition coefficient (Wildman–Crippen LogP) is 1.69. The summed E-state index contributed by atoms with van der Waals surface area (Å²) in [7, 11) is 2.20. The summed E-state index contributed by atoms with van der Waals surface area (Å²) in [6.07, 6.45) is 2.11. The molecule has 82 valence electrons. The summed E-state index contributed by atoms with van der Waals surface area (Å²) >= 11 is 0. The number of rotatable bonds is 4. The Balaban J connectivity index is 2.32. The molecule has 2 nitrogen and oxygen atoms in total. The molecule has 0 bridgehead atoms. The molecule has 0 saturated carbocycles. The van der Waals surface area contributed by atoms with E-state index in [1.54, 1.807) is 0 Å². The van der Waals surface area contributed by atoms with Crippen molar-refractivity contribution >= 4 is 0 Å². The SMILES string of the molecule is C=CC(CN1CCN(C)CC1)C(C)C. The van der Waals surface area contributed by atoms with Crippen molar-refractivity contribution in [1.29, 1.82) is 0 Å². The number of piperazine rings is 1. The molecule has 1 fully saturated rings. The smallest absolute Gasteiger partial charge is 0.0110 e. The highest BCUT2D eigenvalue weighted by Gasteiger charge is 2.18. The van der Waals surface area contributed by atoms with Crippen LogP contribution in [0.25, 0.3) is 0 Å². The first-order chi connectivity index (χ1) is 6.63. The van der Waals surface area contributed by atoms with Gasteiger partial charge in [-0.05, 0) is 18.9 Å². The van der Waals surface area contributed by atoms with Crippen LogP contribution in [0.1, 0.15) is 13.8 Å². The minimum atomic E-state index is 0.651. The highest BCUT2D eigenvalue weighted by atomic mass is 15.2. The molecule has 1 aliphatic rings. The average Bonchev–Trinajstić information content (AvgIpc) is 2.16. The van der Waals surface area contributed by atoms with Crippen LogP contribution in [-0.2, 0) is 0 Å². The van der Waals surface area contributed by atoms with E-state index in [2.05, 4.69) is 43.3 Å². The van der Waals surface area contributed by atoms with Crippen LogP contribution in [0.4, 0.5) is 0 Å². The maximum Gasteiger partial charge on any atom is 0.0110 e. The Morgan fingerprint density at radius 2 is 1.79 bits per heavy atom. The van der Waals surface area contributed by atoms with Crippen molar-refractivity contribution < 1.29 is 0 Å².